The summed E-state index contributed by atoms with van der Waals surface area (Å²) >= 11 is 0. The van der Waals surface area contributed by atoms with Crippen molar-refractivity contribution in [2.45, 2.75) is 33.1 Å². The highest BCUT2D eigenvalue weighted by Gasteiger charge is 2.24. The number of aryl methyl sites for hydroxylation is 1. The van der Waals surface area contributed by atoms with Gasteiger partial charge in [0.1, 0.15) is 5.75 Å². The molecule has 0 heterocycles. The first-order valence-electron chi connectivity index (χ1n) is 5.88. The van der Waals surface area contributed by atoms with Crippen molar-refractivity contribution in [1.82, 2.24) is 0 Å². The second-order valence-corrected chi connectivity index (χ2v) is 4.37. The molecule has 0 saturated carbocycles. The van der Waals surface area contributed by atoms with Crippen molar-refractivity contribution < 1.29 is 14.6 Å². The molecule has 1 rings (SSSR count). The van der Waals surface area contributed by atoms with Gasteiger partial charge >= 0.3 is 5.97 Å². The molecule has 0 spiro atoms. The highest BCUT2D eigenvalue weighted by atomic mass is 16.5. The minimum absolute atomic E-state index is 0.0296. The molecule has 0 aliphatic heterocycles. The Hall–Kier alpha value is -1.51. The number of ether oxygens (including phenoxy) is 1. The summed E-state index contributed by atoms with van der Waals surface area (Å²) in [6.45, 7) is 5.74. The SMILES string of the molecule is CC[C@@H](c1ccc(C)c(OC)c1)C(C)C(=O)O. The second kappa shape index (κ2) is 5.71. The van der Waals surface area contributed by atoms with Gasteiger partial charge < -0.3 is 9.84 Å². The molecule has 0 saturated heterocycles. The van der Waals surface area contributed by atoms with Crippen molar-refractivity contribution in [2.24, 2.45) is 5.92 Å². The molecule has 0 bridgehead atoms. The van der Waals surface area contributed by atoms with E-state index in [1.165, 1.54) is 0 Å². The zero-order chi connectivity index (χ0) is 13.0. The number of carboxylic acid groups (broad SMARTS) is 1. The van der Waals surface area contributed by atoms with Crippen LogP contribution in [0.25, 0.3) is 0 Å². The van der Waals surface area contributed by atoms with E-state index in [9.17, 15) is 4.79 Å². The fourth-order valence-electron chi connectivity index (χ4n) is 2.12. The second-order valence-electron chi connectivity index (χ2n) is 4.37. The fourth-order valence-corrected chi connectivity index (χ4v) is 2.12. The standard InChI is InChI=1S/C14H20O3/c1-5-12(10(3)14(15)16)11-7-6-9(2)13(8-11)17-4/h6-8,10,12H,5H2,1-4H3,(H,15,16)/t10?,12-/m1/s1. The van der Waals surface area contributed by atoms with Gasteiger partial charge in [-0.3, -0.25) is 4.79 Å². The molecular formula is C14H20O3. The van der Waals surface area contributed by atoms with Crippen LogP contribution in [-0.2, 0) is 4.79 Å². The summed E-state index contributed by atoms with van der Waals surface area (Å²) in [5.41, 5.74) is 2.10. The maximum atomic E-state index is 11.1. The maximum Gasteiger partial charge on any atom is 0.306 e. The molecule has 17 heavy (non-hydrogen) atoms. The van der Waals surface area contributed by atoms with E-state index in [1.54, 1.807) is 14.0 Å². The van der Waals surface area contributed by atoms with Crippen LogP contribution in [0, 0.1) is 12.8 Å². The number of rotatable bonds is 5. The first kappa shape index (κ1) is 13.6. The predicted molar refractivity (Wildman–Crippen MR) is 67.6 cm³/mol. The number of carbonyl (C=O) groups is 1. The molecule has 1 N–H and O–H groups in total. The Bertz CT molecular complexity index is 398. The van der Waals surface area contributed by atoms with E-state index in [-0.39, 0.29) is 11.8 Å². The predicted octanol–water partition coefficient (Wildman–Crippen LogP) is 3.22. The van der Waals surface area contributed by atoms with E-state index in [1.807, 2.05) is 32.0 Å². The summed E-state index contributed by atoms with van der Waals surface area (Å²) in [7, 11) is 1.63. The third-order valence-corrected chi connectivity index (χ3v) is 3.29. The third-order valence-electron chi connectivity index (χ3n) is 3.29. The van der Waals surface area contributed by atoms with Gasteiger partial charge in [-0.15, -0.1) is 0 Å². The number of hydrogen-bond donors (Lipinski definition) is 1. The van der Waals surface area contributed by atoms with Crippen molar-refractivity contribution >= 4 is 5.97 Å². The summed E-state index contributed by atoms with van der Waals surface area (Å²) in [6, 6.07) is 5.92. The molecule has 0 aromatic heterocycles. The Morgan fingerprint density at radius 2 is 2.12 bits per heavy atom. The molecule has 0 amide bonds. The highest BCUT2D eigenvalue weighted by Crippen LogP contribution is 2.31. The lowest BCUT2D eigenvalue weighted by Crippen LogP contribution is -2.18. The first-order chi connectivity index (χ1) is 8.01. The van der Waals surface area contributed by atoms with Crippen LogP contribution >= 0.6 is 0 Å². The average Bonchev–Trinajstić information content (AvgIpc) is 2.31. The molecule has 0 aliphatic carbocycles. The Labute approximate surface area is 102 Å². The Morgan fingerprint density at radius 1 is 1.47 bits per heavy atom. The quantitative estimate of drug-likeness (QED) is 0.853. The Balaban J connectivity index is 3.08. The van der Waals surface area contributed by atoms with Gasteiger partial charge in [-0.1, -0.05) is 26.0 Å². The van der Waals surface area contributed by atoms with Gasteiger partial charge in [0.05, 0.1) is 13.0 Å². The van der Waals surface area contributed by atoms with E-state index in [2.05, 4.69) is 0 Å². The van der Waals surface area contributed by atoms with E-state index in [0.717, 1.165) is 23.3 Å². The van der Waals surface area contributed by atoms with Gasteiger partial charge in [0.15, 0.2) is 0 Å². The topological polar surface area (TPSA) is 46.5 Å². The third kappa shape index (κ3) is 2.99. The number of benzene rings is 1. The number of methoxy groups -OCH3 is 1. The highest BCUT2D eigenvalue weighted by molar-refractivity contribution is 5.71. The summed E-state index contributed by atoms with van der Waals surface area (Å²) in [5.74, 6) is -0.288. The molecule has 1 aromatic rings. The van der Waals surface area contributed by atoms with Crippen LogP contribution in [0.3, 0.4) is 0 Å². The molecule has 94 valence electrons. The molecule has 3 nitrogen and oxygen atoms in total. The van der Waals surface area contributed by atoms with E-state index >= 15 is 0 Å². The van der Waals surface area contributed by atoms with Crippen molar-refractivity contribution in [3.05, 3.63) is 29.3 Å². The van der Waals surface area contributed by atoms with Crippen LogP contribution < -0.4 is 4.74 Å². The smallest absolute Gasteiger partial charge is 0.306 e. The lowest BCUT2D eigenvalue weighted by Gasteiger charge is -2.20. The van der Waals surface area contributed by atoms with Crippen LogP contribution in [0.5, 0.6) is 5.75 Å². The van der Waals surface area contributed by atoms with Gasteiger partial charge in [0, 0.05) is 0 Å². The minimum atomic E-state index is -0.753. The van der Waals surface area contributed by atoms with Crippen LogP contribution in [-0.4, -0.2) is 18.2 Å². The van der Waals surface area contributed by atoms with Crippen LogP contribution in [0.1, 0.15) is 37.3 Å². The summed E-state index contributed by atoms with van der Waals surface area (Å²) in [5, 5.41) is 9.09. The van der Waals surface area contributed by atoms with Crippen LogP contribution in [0.2, 0.25) is 0 Å². The molecule has 0 aliphatic rings. The average molecular weight is 236 g/mol. The van der Waals surface area contributed by atoms with Crippen molar-refractivity contribution in [1.29, 1.82) is 0 Å². The van der Waals surface area contributed by atoms with E-state index < -0.39 is 5.97 Å². The monoisotopic (exact) mass is 236 g/mol. The van der Waals surface area contributed by atoms with Crippen molar-refractivity contribution in [2.75, 3.05) is 7.11 Å². The molecule has 2 atom stereocenters. The first-order valence-corrected chi connectivity index (χ1v) is 5.88. The molecule has 0 radical (unpaired) electrons. The van der Waals surface area contributed by atoms with Crippen molar-refractivity contribution in [3.8, 4) is 5.75 Å². The summed E-state index contributed by atoms with van der Waals surface area (Å²) in [4.78, 5) is 11.1. The van der Waals surface area contributed by atoms with Crippen LogP contribution in [0.15, 0.2) is 18.2 Å². The number of hydrogen-bond acceptors (Lipinski definition) is 2. The van der Waals surface area contributed by atoms with Gasteiger partial charge in [-0.05, 0) is 36.5 Å². The molecule has 3 heteroatoms. The summed E-state index contributed by atoms with van der Waals surface area (Å²) < 4.78 is 5.27. The zero-order valence-corrected chi connectivity index (χ0v) is 10.9. The molecular weight excluding hydrogens is 216 g/mol. The summed E-state index contributed by atoms with van der Waals surface area (Å²) in [6.07, 6.45) is 0.805. The maximum absolute atomic E-state index is 11.1. The fraction of sp³-hybridized carbons (Fsp3) is 0.500. The van der Waals surface area contributed by atoms with Crippen LogP contribution in [0.4, 0.5) is 0 Å². The Morgan fingerprint density at radius 3 is 2.59 bits per heavy atom. The van der Waals surface area contributed by atoms with Gasteiger partial charge in [0.25, 0.3) is 0 Å². The lowest BCUT2D eigenvalue weighted by atomic mass is 9.85. The van der Waals surface area contributed by atoms with Crippen molar-refractivity contribution in [3.63, 3.8) is 0 Å². The molecule has 1 aromatic carbocycles. The number of carboxylic acids is 1. The molecule has 0 fully saturated rings. The number of aliphatic carboxylic acids is 1. The minimum Gasteiger partial charge on any atom is -0.496 e. The lowest BCUT2D eigenvalue weighted by molar-refractivity contribution is -0.141. The van der Waals surface area contributed by atoms with E-state index in [0.29, 0.717) is 0 Å². The van der Waals surface area contributed by atoms with Gasteiger partial charge in [-0.2, -0.15) is 0 Å². The normalized spacial score (nSPS) is 14.1. The molecule has 1 unspecified atom stereocenters. The Kier molecular flexibility index (Phi) is 4.55. The van der Waals surface area contributed by atoms with Gasteiger partial charge in [0.2, 0.25) is 0 Å². The zero-order valence-electron chi connectivity index (χ0n) is 10.9. The van der Waals surface area contributed by atoms with Gasteiger partial charge in [-0.25, -0.2) is 0 Å². The largest absolute Gasteiger partial charge is 0.496 e. The van der Waals surface area contributed by atoms with E-state index in [4.69, 9.17) is 9.84 Å².